The molecule has 2 aromatic heterocycles. The number of morpholine rings is 1. The Balaban J connectivity index is 0.000000364. The molecule has 1 spiro atoms. The topological polar surface area (TPSA) is 143 Å². The summed E-state index contributed by atoms with van der Waals surface area (Å²) < 4.78 is 70.7. The van der Waals surface area contributed by atoms with Crippen LogP contribution < -0.4 is 0 Å². The normalized spacial score (nSPS) is 27.1. The number of rotatable bonds is 3. The summed E-state index contributed by atoms with van der Waals surface area (Å²) in [7, 11) is -3.52. The van der Waals surface area contributed by atoms with Crippen LogP contribution in [-0.4, -0.2) is 87.5 Å². The summed E-state index contributed by atoms with van der Waals surface area (Å²) in [5.41, 5.74) is 0.206. The first kappa shape index (κ1) is 25.1. The second kappa shape index (κ2) is 8.87. The van der Waals surface area contributed by atoms with E-state index < -0.39 is 33.0 Å². The summed E-state index contributed by atoms with van der Waals surface area (Å²) >= 11 is 0. The number of carboxylic acids is 1. The number of ether oxygens (including phenoxy) is 1. The van der Waals surface area contributed by atoms with Gasteiger partial charge in [-0.1, -0.05) is 5.16 Å². The largest absolute Gasteiger partial charge is 0.490 e. The Kier molecular flexibility index (Phi) is 6.36. The van der Waals surface area contributed by atoms with Crippen LogP contribution in [0.5, 0.6) is 0 Å². The van der Waals surface area contributed by atoms with Gasteiger partial charge in [-0.25, -0.2) is 13.2 Å². The van der Waals surface area contributed by atoms with Crippen molar-refractivity contribution < 1.29 is 45.5 Å². The molecule has 5 heterocycles. The summed E-state index contributed by atoms with van der Waals surface area (Å²) in [6, 6.07) is 5.19. The van der Waals surface area contributed by atoms with Crippen molar-refractivity contribution in [2.24, 2.45) is 0 Å². The van der Waals surface area contributed by atoms with Gasteiger partial charge in [0.05, 0.1) is 12.6 Å². The van der Waals surface area contributed by atoms with Gasteiger partial charge in [-0.3, -0.25) is 9.78 Å². The Morgan fingerprint density at radius 1 is 1.26 bits per heavy atom. The van der Waals surface area contributed by atoms with Crippen molar-refractivity contribution in [3.05, 3.63) is 47.6 Å². The molecule has 0 radical (unpaired) electrons. The number of nitrogens with zero attached hydrogens (tertiary/aromatic N) is 4. The van der Waals surface area contributed by atoms with E-state index in [1.807, 2.05) is 0 Å². The number of hydrogen-bond acceptors (Lipinski definition) is 8. The number of amides is 1. The number of halogens is 3. The molecule has 35 heavy (non-hydrogen) atoms. The van der Waals surface area contributed by atoms with Crippen molar-refractivity contribution >= 4 is 21.9 Å². The number of carboxylic acid groups (broad SMARTS) is 1. The van der Waals surface area contributed by atoms with Gasteiger partial charge >= 0.3 is 12.1 Å². The maximum absolute atomic E-state index is 13.2. The molecule has 2 bridgehead atoms. The van der Waals surface area contributed by atoms with Gasteiger partial charge in [0.2, 0.25) is 10.0 Å². The lowest BCUT2D eigenvalue weighted by atomic mass is 9.99. The number of carbonyl (C=O) groups is 2. The molecule has 3 saturated heterocycles. The number of carbonyl (C=O) groups excluding carboxylic acids is 1. The Labute approximate surface area is 197 Å². The van der Waals surface area contributed by atoms with Gasteiger partial charge in [-0.05, 0) is 31.0 Å². The predicted octanol–water partition coefficient (Wildman–Crippen LogP) is 1.21. The lowest BCUT2D eigenvalue weighted by Gasteiger charge is -2.39. The molecule has 3 atom stereocenters. The van der Waals surface area contributed by atoms with Crippen LogP contribution in [0.25, 0.3) is 0 Å². The smallest absolute Gasteiger partial charge is 0.475 e. The molecule has 0 saturated carbocycles. The highest BCUT2D eigenvalue weighted by atomic mass is 32.2. The molecule has 0 unspecified atom stereocenters. The molecule has 0 aliphatic carbocycles. The Morgan fingerprint density at radius 3 is 2.49 bits per heavy atom. The number of aliphatic carboxylic acids is 1. The third-order valence-electron chi connectivity index (χ3n) is 6.00. The Hall–Kier alpha value is -3.04. The highest BCUT2D eigenvalue weighted by molar-refractivity contribution is 7.90. The van der Waals surface area contributed by atoms with Crippen LogP contribution >= 0.6 is 0 Å². The van der Waals surface area contributed by atoms with Crippen LogP contribution in [0.1, 0.15) is 28.2 Å². The maximum atomic E-state index is 13.2. The number of pyridine rings is 1. The zero-order chi connectivity index (χ0) is 25.6. The van der Waals surface area contributed by atoms with Gasteiger partial charge in [-0.15, -0.1) is 0 Å². The SMILES string of the molecule is Cc1cc(C(=O)N2C[C@H]3C[C@H]4[C@](C2)(CN(Cc2ccncc2)S4(=O)=O)O3)no1.O=C(O)C(F)(F)F. The molecule has 11 nitrogen and oxygen atoms in total. The molecule has 5 rings (SSSR count). The van der Waals surface area contributed by atoms with Gasteiger partial charge in [0.1, 0.15) is 16.6 Å². The summed E-state index contributed by atoms with van der Waals surface area (Å²) in [6.45, 7) is 2.82. The molecular weight excluding hydrogens is 497 g/mol. The molecule has 3 fully saturated rings. The summed E-state index contributed by atoms with van der Waals surface area (Å²) in [5.74, 6) is -2.45. The standard InChI is InChI=1S/C18H20N4O5S.C2HF3O2/c1-12-6-15(20-27-12)17(23)21-9-14-7-16-18(10-21,26-14)11-22(28(16,24)25)8-13-2-4-19-5-3-13;3-2(4,5)1(6)7/h2-6,14,16H,7-11H2,1H3;(H,6,7)/t14-,16+,18+;/m1./s1. The van der Waals surface area contributed by atoms with Crippen molar-refractivity contribution in [1.82, 2.24) is 19.3 Å². The van der Waals surface area contributed by atoms with E-state index in [1.165, 1.54) is 4.31 Å². The van der Waals surface area contributed by atoms with E-state index in [0.29, 0.717) is 18.7 Å². The van der Waals surface area contributed by atoms with Crippen molar-refractivity contribution in [3.63, 3.8) is 0 Å². The third-order valence-corrected chi connectivity index (χ3v) is 8.32. The van der Waals surface area contributed by atoms with Crippen LogP contribution in [0.2, 0.25) is 0 Å². The number of fused-ring (bicyclic) bond motifs is 1. The van der Waals surface area contributed by atoms with Crippen molar-refractivity contribution in [3.8, 4) is 0 Å². The van der Waals surface area contributed by atoms with Gasteiger partial charge < -0.3 is 19.3 Å². The maximum Gasteiger partial charge on any atom is 0.490 e. The van der Waals surface area contributed by atoms with E-state index >= 15 is 0 Å². The third kappa shape index (κ3) is 4.88. The number of sulfonamides is 1. The fourth-order valence-electron chi connectivity index (χ4n) is 4.57. The molecule has 1 amide bonds. The van der Waals surface area contributed by atoms with Crippen LogP contribution in [0.15, 0.2) is 35.1 Å². The highest BCUT2D eigenvalue weighted by Crippen LogP contribution is 2.47. The van der Waals surface area contributed by atoms with E-state index in [-0.39, 0.29) is 37.3 Å². The first-order chi connectivity index (χ1) is 16.3. The number of alkyl halides is 3. The lowest BCUT2D eigenvalue weighted by Crippen LogP contribution is -2.56. The van der Waals surface area contributed by atoms with Gasteiger partial charge in [0.25, 0.3) is 5.91 Å². The van der Waals surface area contributed by atoms with E-state index in [1.54, 1.807) is 42.4 Å². The van der Waals surface area contributed by atoms with Crippen LogP contribution in [0.4, 0.5) is 13.2 Å². The Morgan fingerprint density at radius 2 is 1.91 bits per heavy atom. The van der Waals surface area contributed by atoms with Gasteiger partial charge in [0.15, 0.2) is 5.69 Å². The fraction of sp³-hybridized carbons (Fsp3) is 0.500. The van der Waals surface area contributed by atoms with Crippen molar-refractivity contribution in [1.29, 1.82) is 0 Å². The zero-order valence-corrected chi connectivity index (χ0v) is 19.1. The zero-order valence-electron chi connectivity index (χ0n) is 18.3. The minimum absolute atomic E-state index is 0.227. The number of hydrogen-bond donors (Lipinski definition) is 1. The molecule has 3 aliphatic rings. The molecular formula is C20H21F3N4O7S. The van der Waals surface area contributed by atoms with E-state index in [2.05, 4.69) is 10.1 Å². The number of aryl methyl sites for hydroxylation is 1. The first-order valence-corrected chi connectivity index (χ1v) is 11.9. The summed E-state index contributed by atoms with van der Waals surface area (Å²) in [4.78, 5) is 27.3. The summed E-state index contributed by atoms with van der Waals surface area (Å²) in [5, 5.41) is 10.3. The lowest BCUT2D eigenvalue weighted by molar-refractivity contribution is -0.192. The predicted molar refractivity (Wildman–Crippen MR) is 110 cm³/mol. The van der Waals surface area contributed by atoms with E-state index in [0.717, 1.165) is 5.56 Å². The second-order valence-corrected chi connectivity index (χ2v) is 10.6. The number of likely N-dealkylation sites (tertiary alicyclic amines) is 1. The fourth-order valence-corrected chi connectivity index (χ4v) is 6.86. The second-order valence-electron chi connectivity index (χ2n) is 8.51. The minimum atomic E-state index is -5.08. The molecule has 2 aromatic rings. The highest BCUT2D eigenvalue weighted by Gasteiger charge is 2.65. The molecule has 1 N–H and O–H groups in total. The first-order valence-electron chi connectivity index (χ1n) is 10.4. The average molecular weight is 518 g/mol. The van der Waals surface area contributed by atoms with E-state index in [9.17, 15) is 26.4 Å². The molecule has 15 heteroatoms. The van der Waals surface area contributed by atoms with Crippen LogP contribution in [-0.2, 0) is 26.1 Å². The monoisotopic (exact) mass is 518 g/mol. The molecule has 0 aromatic carbocycles. The summed E-state index contributed by atoms with van der Waals surface area (Å²) in [6.07, 6.45) is -1.68. The van der Waals surface area contributed by atoms with Gasteiger partial charge in [0, 0.05) is 38.1 Å². The number of aromatic nitrogens is 2. The van der Waals surface area contributed by atoms with Crippen LogP contribution in [0, 0.1) is 6.92 Å². The van der Waals surface area contributed by atoms with Crippen molar-refractivity contribution in [2.45, 2.75) is 43.0 Å². The quantitative estimate of drug-likeness (QED) is 0.634. The Bertz CT molecular complexity index is 1220. The van der Waals surface area contributed by atoms with Gasteiger partial charge in [-0.2, -0.15) is 17.5 Å². The van der Waals surface area contributed by atoms with E-state index in [4.69, 9.17) is 19.2 Å². The molecule has 190 valence electrons. The van der Waals surface area contributed by atoms with Crippen LogP contribution in [0.3, 0.4) is 0 Å². The average Bonchev–Trinajstić information content (AvgIpc) is 3.38. The molecule has 3 aliphatic heterocycles. The minimum Gasteiger partial charge on any atom is -0.475 e. The van der Waals surface area contributed by atoms with Crippen molar-refractivity contribution in [2.75, 3.05) is 19.6 Å².